The average Bonchev–Trinajstić information content (AvgIpc) is 2.80. The Labute approximate surface area is 139 Å². The lowest BCUT2D eigenvalue weighted by Gasteiger charge is -2.15. The molecule has 0 saturated carbocycles. The molecule has 116 valence electrons. The highest BCUT2D eigenvalue weighted by atomic mass is 35.5. The lowest BCUT2D eigenvalue weighted by molar-refractivity contribution is -0.117. The zero-order chi connectivity index (χ0) is 16.6. The molecule has 0 aliphatic carbocycles. The molecule has 1 saturated heterocycles. The Morgan fingerprint density at radius 2 is 1.70 bits per heavy atom. The molecular formula is C18H15ClN2O2. The van der Waals surface area contributed by atoms with Gasteiger partial charge in [0, 0.05) is 5.02 Å². The largest absolute Gasteiger partial charge is 0.282 e. The summed E-state index contributed by atoms with van der Waals surface area (Å²) in [6.45, 7) is 3.96. The van der Waals surface area contributed by atoms with Crippen LogP contribution in [-0.4, -0.2) is 11.8 Å². The molecule has 1 fully saturated rings. The number of carbonyl (C=O) groups is 2. The highest BCUT2D eigenvalue weighted by Gasteiger charge is 2.34. The first-order valence-corrected chi connectivity index (χ1v) is 7.53. The molecule has 2 aromatic carbocycles. The fourth-order valence-electron chi connectivity index (χ4n) is 2.33. The Morgan fingerprint density at radius 1 is 1.00 bits per heavy atom. The summed E-state index contributed by atoms with van der Waals surface area (Å²) in [7, 11) is 0. The first kappa shape index (κ1) is 15.3. The maximum Gasteiger partial charge on any atom is 0.282 e. The minimum Gasteiger partial charge on any atom is -0.267 e. The van der Waals surface area contributed by atoms with E-state index in [1.807, 2.05) is 32.0 Å². The van der Waals surface area contributed by atoms with E-state index in [2.05, 4.69) is 5.43 Å². The molecule has 0 bridgehead atoms. The van der Waals surface area contributed by atoms with Gasteiger partial charge in [0.1, 0.15) is 5.57 Å². The number of aryl methyl sites for hydroxylation is 2. The highest BCUT2D eigenvalue weighted by Crippen LogP contribution is 2.24. The van der Waals surface area contributed by atoms with Crippen LogP contribution in [0.1, 0.15) is 16.7 Å². The van der Waals surface area contributed by atoms with Crippen LogP contribution in [0.2, 0.25) is 5.02 Å². The van der Waals surface area contributed by atoms with Crippen molar-refractivity contribution in [3.05, 3.63) is 69.8 Å². The van der Waals surface area contributed by atoms with Crippen molar-refractivity contribution in [2.75, 3.05) is 5.01 Å². The van der Waals surface area contributed by atoms with Gasteiger partial charge >= 0.3 is 0 Å². The second-order valence-corrected chi connectivity index (χ2v) is 5.90. The van der Waals surface area contributed by atoms with Crippen molar-refractivity contribution in [3.8, 4) is 0 Å². The van der Waals surface area contributed by atoms with E-state index in [1.54, 1.807) is 30.3 Å². The van der Waals surface area contributed by atoms with Crippen LogP contribution in [0.3, 0.4) is 0 Å². The van der Waals surface area contributed by atoms with Crippen LogP contribution in [0.25, 0.3) is 6.08 Å². The Balaban J connectivity index is 1.93. The summed E-state index contributed by atoms with van der Waals surface area (Å²) in [6, 6.07) is 12.6. The van der Waals surface area contributed by atoms with Crippen molar-refractivity contribution >= 4 is 35.2 Å². The lowest BCUT2D eigenvalue weighted by Crippen LogP contribution is -2.35. The molecule has 23 heavy (non-hydrogen) atoms. The van der Waals surface area contributed by atoms with Crippen molar-refractivity contribution in [1.29, 1.82) is 0 Å². The predicted octanol–water partition coefficient (Wildman–Crippen LogP) is 3.42. The lowest BCUT2D eigenvalue weighted by atomic mass is 10.1. The Kier molecular flexibility index (Phi) is 3.92. The second kappa shape index (κ2) is 5.89. The number of hydrogen-bond acceptors (Lipinski definition) is 2. The van der Waals surface area contributed by atoms with E-state index in [9.17, 15) is 9.59 Å². The van der Waals surface area contributed by atoms with Gasteiger partial charge in [-0.15, -0.1) is 0 Å². The number of carbonyl (C=O) groups excluding carboxylic acids is 2. The van der Waals surface area contributed by atoms with Crippen molar-refractivity contribution in [1.82, 2.24) is 5.43 Å². The van der Waals surface area contributed by atoms with Gasteiger partial charge in [0.05, 0.1) is 5.69 Å². The van der Waals surface area contributed by atoms with Crippen molar-refractivity contribution in [2.45, 2.75) is 13.8 Å². The first-order valence-electron chi connectivity index (χ1n) is 7.15. The Hall–Kier alpha value is -2.59. The van der Waals surface area contributed by atoms with Gasteiger partial charge in [0.2, 0.25) is 0 Å². The minimum atomic E-state index is -0.414. The number of nitrogens with one attached hydrogen (secondary N) is 1. The molecule has 0 spiro atoms. The van der Waals surface area contributed by atoms with Gasteiger partial charge in [-0.1, -0.05) is 29.8 Å². The number of halogens is 1. The maximum atomic E-state index is 12.5. The third-order valence-corrected chi connectivity index (χ3v) is 4.07. The molecular weight excluding hydrogens is 312 g/mol. The minimum absolute atomic E-state index is 0.102. The average molecular weight is 327 g/mol. The summed E-state index contributed by atoms with van der Waals surface area (Å²) < 4.78 is 0. The zero-order valence-electron chi connectivity index (χ0n) is 12.8. The van der Waals surface area contributed by atoms with E-state index in [4.69, 9.17) is 11.6 Å². The molecule has 2 aromatic rings. The van der Waals surface area contributed by atoms with E-state index in [0.29, 0.717) is 10.7 Å². The molecule has 0 atom stereocenters. The first-order chi connectivity index (χ1) is 11.0. The predicted molar refractivity (Wildman–Crippen MR) is 91.0 cm³/mol. The molecule has 5 heteroatoms. The Bertz CT molecular complexity index is 825. The third kappa shape index (κ3) is 2.98. The van der Waals surface area contributed by atoms with Crippen molar-refractivity contribution in [3.63, 3.8) is 0 Å². The summed E-state index contributed by atoms with van der Waals surface area (Å²) in [6.07, 6.45) is 1.56. The topological polar surface area (TPSA) is 49.4 Å². The smallest absolute Gasteiger partial charge is 0.267 e. The van der Waals surface area contributed by atoms with Gasteiger partial charge in [-0.3, -0.25) is 15.0 Å². The van der Waals surface area contributed by atoms with Crippen LogP contribution < -0.4 is 10.4 Å². The molecule has 3 rings (SSSR count). The third-order valence-electron chi connectivity index (χ3n) is 3.82. The molecule has 0 radical (unpaired) electrons. The van der Waals surface area contributed by atoms with Crippen LogP contribution in [0.4, 0.5) is 5.69 Å². The number of hydrogen-bond donors (Lipinski definition) is 1. The summed E-state index contributed by atoms with van der Waals surface area (Å²) in [5.41, 5.74) is 6.27. The molecule has 1 heterocycles. The summed E-state index contributed by atoms with van der Waals surface area (Å²) in [5, 5.41) is 1.88. The number of amides is 2. The van der Waals surface area contributed by atoms with Gasteiger partial charge in [-0.2, -0.15) is 0 Å². The fraction of sp³-hybridized carbons (Fsp3) is 0.111. The van der Waals surface area contributed by atoms with Gasteiger partial charge < -0.3 is 0 Å². The quantitative estimate of drug-likeness (QED) is 0.679. The van der Waals surface area contributed by atoms with E-state index >= 15 is 0 Å². The number of benzene rings is 2. The summed E-state index contributed by atoms with van der Waals surface area (Å²) >= 11 is 5.84. The molecule has 4 nitrogen and oxygen atoms in total. The zero-order valence-corrected chi connectivity index (χ0v) is 13.5. The van der Waals surface area contributed by atoms with Crippen LogP contribution in [0.15, 0.2) is 48.0 Å². The van der Waals surface area contributed by atoms with Crippen LogP contribution in [0, 0.1) is 13.8 Å². The normalized spacial score (nSPS) is 16.1. The van der Waals surface area contributed by atoms with Crippen LogP contribution >= 0.6 is 11.6 Å². The molecule has 1 N–H and O–H groups in total. The van der Waals surface area contributed by atoms with Gasteiger partial charge in [0.25, 0.3) is 11.8 Å². The monoisotopic (exact) mass is 326 g/mol. The SMILES string of the molecule is Cc1ccc(N2NC(=O)C(=Cc3ccc(Cl)cc3)C2=O)cc1C. The van der Waals surface area contributed by atoms with Crippen LogP contribution in [-0.2, 0) is 9.59 Å². The maximum absolute atomic E-state index is 12.5. The van der Waals surface area contributed by atoms with Gasteiger partial charge in [-0.25, -0.2) is 5.01 Å². The van der Waals surface area contributed by atoms with E-state index in [0.717, 1.165) is 16.7 Å². The van der Waals surface area contributed by atoms with Crippen LogP contribution in [0.5, 0.6) is 0 Å². The highest BCUT2D eigenvalue weighted by molar-refractivity contribution is 6.32. The summed E-state index contributed by atoms with van der Waals surface area (Å²) in [4.78, 5) is 24.7. The van der Waals surface area contributed by atoms with Gasteiger partial charge in [0.15, 0.2) is 0 Å². The Morgan fingerprint density at radius 3 is 2.35 bits per heavy atom. The fourth-order valence-corrected chi connectivity index (χ4v) is 2.46. The van der Waals surface area contributed by atoms with E-state index in [1.165, 1.54) is 5.01 Å². The molecule has 2 amide bonds. The molecule has 0 unspecified atom stereocenters. The molecule has 1 aliphatic rings. The van der Waals surface area contributed by atoms with E-state index < -0.39 is 5.91 Å². The molecule has 1 aliphatic heterocycles. The standard InChI is InChI=1S/C18H15ClN2O2/c1-11-3-8-15(9-12(11)2)21-18(23)16(17(22)20-21)10-13-4-6-14(19)7-5-13/h3-10H,1-2H3,(H,20,22). The number of hydrazine groups is 1. The number of rotatable bonds is 2. The van der Waals surface area contributed by atoms with Crippen molar-refractivity contribution in [2.24, 2.45) is 0 Å². The molecule has 0 aromatic heterocycles. The van der Waals surface area contributed by atoms with Crippen molar-refractivity contribution < 1.29 is 9.59 Å². The number of anilines is 1. The summed E-state index contributed by atoms with van der Waals surface area (Å²) in [5.74, 6) is -0.781. The number of nitrogens with zero attached hydrogens (tertiary/aromatic N) is 1. The second-order valence-electron chi connectivity index (χ2n) is 5.46. The van der Waals surface area contributed by atoms with E-state index in [-0.39, 0.29) is 11.5 Å². The van der Waals surface area contributed by atoms with Gasteiger partial charge in [-0.05, 0) is 60.9 Å².